The molecule has 2 saturated heterocycles. The molecule has 2 fully saturated rings. The monoisotopic (exact) mass is 754 g/mol. The highest BCUT2D eigenvalue weighted by Gasteiger charge is 2.49. The van der Waals surface area contributed by atoms with Gasteiger partial charge in [-0.05, 0) is 52.4 Å². The molecule has 2 aliphatic rings. The highest BCUT2D eigenvalue weighted by Crippen LogP contribution is 2.37. The molecule has 1 unspecified atom stereocenters. The van der Waals surface area contributed by atoms with Crippen LogP contribution in [-0.2, 0) is 34.5 Å². The van der Waals surface area contributed by atoms with Crippen molar-refractivity contribution >= 4 is 35.0 Å². The lowest BCUT2D eigenvalue weighted by molar-refractivity contribution is -0.139. The second-order valence-electron chi connectivity index (χ2n) is 14.3. The number of hydrogen-bond donors (Lipinski definition) is 2. The Kier molecular flexibility index (Phi) is 10.2. The Labute approximate surface area is 309 Å². The molecular weight excluding hydrogens is 714 g/mol. The Balaban J connectivity index is 1.27. The molecule has 5 heterocycles. The van der Waals surface area contributed by atoms with Crippen molar-refractivity contribution in [2.45, 2.75) is 76.9 Å². The molecule has 0 saturated carbocycles. The number of aromatic nitrogens is 4. The lowest BCUT2D eigenvalue weighted by Gasteiger charge is -2.29. The first-order valence-corrected chi connectivity index (χ1v) is 17.4. The zero-order chi connectivity index (χ0) is 38.4. The molecule has 1 aromatic carbocycles. The molecule has 4 aromatic rings. The molecule has 17 heteroatoms. The number of ether oxygens (including phenoxy) is 2. The standard InChI is InChI=1S/C36H41ClF2N8O6/c1-35(2,3)53-34(51)46(18-22-11-13-29(48)40-22)16-20-10-12-25(41-31(20)52-6)24-9-7-8-23(30(24)37)21-14-26-32(49)45(5)28(43-47(26)17-21)19-44(4)27-15-36(38,39)33(50)42-27/h7-10,12,14,17,22,27H,11,13,15-16,18-19H2,1-6H3,(H,40,48)(H,42,50)/t22-,27?/m0/s1. The van der Waals surface area contributed by atoms with Gasteiger partial charge < -0.3 is 25.0 Å². The third kappa shape index (κ3) is 7.98. The van der Waals surface area contributed by atoms with Crippen LogP contribution in [0.15, 0.2) is 47.4 Å². The summed E-state index contributed by atoms with van der Waals surface area (Å²) in [5, 5.41) is 10.1. The molecule has 0 bridgehead atoms. The molecule has 6 rings (SSSR count). The normalized spacial score (nSPS) is 18.4. The van der Waals surface area contributed by atoms with Gasteiger partial charge in [-0.2, -0.15) is 13.9 Å². The van der Waals surface area contributed by atoms with Crippen LogP contribution >= 0.6 is 11.6 Å². The van der Waals surface area contributed by atoms with Crippen LogP contribution in [0.1, 0.15) is 51.4 Å². The van der Waals surface area contributed by atoms with Crippen molar-refractivity contribution in [3.8, 4) is 28.3 Å². The van der Waals surface area contributed by atoms with Crippen LogP contribution in [0.25, 0.3) is 27.9 Å². The van der Waals surface area contributed by atoms with Gasteiger partial charge >= 0.3 is 12.0 Å². The number of carbonyl (C=O) groups excluding carboxylic acids is 3. The number of amides is 3. The SMILES string of the molecule is COc1nc(-c2cccc(-c3cc4c(=O)n(C)c(CN(C)C5CC(F)(F)C(=O)N5)nn4c3)c2Cl)ccc1CN(C[C@@H]1CCC(=O)N1)C(=O)OC(C)(C)C. The van der Waals surface area contributed by atoms with Crippen LogP contribution in [0.2, 0.25) is 5.02 Å². The topological polar surface area (TPSA) is 152 Å². The van der Waals surface area contributed by atoms with Gasteiger partial charge in [-0.15, -0.1) is 0 Å². The van der Waals surface area contributed by atoms with E-state index in [1.165, 1.54) is 26.0 Å². The minimum atomic E-state index is -3.47. The number of rotatable bonds is 10. The average Bonchev–Trinajstić information content (AvgIpc) is 3.78. The molecule has 282 valence electrons. The Morgan fingerprint density at radius 3 is 2.49 bits per heavy atom. The van der Waals surface area contributed by atoms with Crippen molar-refractivity contribution in [3.63, 3.8) is 0 Å². The van der Waals surface area contributed by atoms with Gasteiger partial charge in [0.2, 0.25) is 11.8 Å². The average molecular weight is 755 g/mol. The van der Waals surface area contributed by atoms with Crippen molar-refractivity contribution in [2.75, 3.05) is 20.7 Å². The predicted octanol–water partition coefficient (Wildman–Crippen LogP) is 4.35. The summed E-state index contributed by atoms with van der Waals surface area (Å²) in [5.74, 6) is -4.29. The van der Waals surface area contributed by atoms with Crippen LogP contribution in [-0.4, -0.2) is 91.3 Å². The van der Waals surface area contributed by atoms with Crippen molar-refractivity contribution in [2.24, 2.45) is 7.05 Å². The van der Waals surface area contributed by atoms with Crippen molar-refractivity contribution in [1.82, 2.24) is 39.6 Å². The van der Waals surface area contributed by atoms with E-state index in [2.05, 4.69) is 15.7 Å². The van der Waals surface area contributed by atoms with E-state index in [0.29, 0.717) is 51.6 Å². The first-order chi connectivity index (χ1) is 24.9. The highest BCUT2D eigenvalue weighted by molar-refractivity contribution is 6.36. The minimum absolute atomic E-state index is 0.0165. The van der Waals surface area contributed by atoms with Crippen LogP contribution in [0, 0.1) is 0 Å². The second kappa shape index (κ2) is 14.4. The van der Waals surface area contributed by atoms with Gasteiger partial charge in [-0.3, -0.25) is 23.9 Å². The maximum absolute atomic E-state index is 13.9. The molecule has 0 spiro atoms. The van der Waals surface area contributed by atoms with Gasteiger partial charge in [0.05, 0.1) is 43.5 Å². The zero-order valence-electron chi connectivity index (χ0n) is 30.2. The van der Waals surface area contributed by atoms with E-state index in [4.69, 9.17) is 26.1 Å². The molecule has 0 radical (unpaired) electrons. The number of alkyl halides is 2. The number of benzene rings is 1. The third-order valence-electron chi connectivity index (χ3n) is 9.19. The summed E-state index contributed by atoms with van der Waals surface area (Å²) in [6, 6.07) is 10.4. The van der Waals surface area contributed by atoms with Gasteiger partial charge in [0.25, 0.3) is 11.5 Å². The number of pyridine rings is 1. The number of nitrogens with one attached hydrogen (secondary N) is 2. The fourth-order valence-electron chi connectivity index (χ4n) is 6.39. The van der Waals surface area contributed by atoms with Gasteiger partial charge in [0, 0.05) is 54.5 Å². The van der Waals surface area contributed by atoms with E-state index in [0.717, 1.165) is 0 Å². The quantitative estimate of drug-likeness (QED) is 0.241. The van der Waals surface area contributed by atoms with Gasteiger partial charge in [-0.1, -0.05) is 29.8 Å². The lowest BCUT2D eigenvalue weighted by Crippen LogP contribution is -2.43. The number of nitrogens with zero attached hydrogens (tertiary/aromatic N) is 6. The summed E-state index contributed by atoms with van der Waals surface area (Å²) < 4.78 is 41.8. The van der Waals surface area contributed by atoms with Crippen LogP contribution in [0.4, 0.5) is 13.6 Å². The maximum atomic E-state index is 13.9. The zero-order valence-corrected chi connectivity index (χ0v) is 31.0. The Hall–Kier alpha value is -5.09. The second-order valence-corrected chi connectivity index (χ2v) is 14.7. The van der Waals surface area contributed by atoms with Gasteiger partial charge in [-0.25, -0.2) is 14.3 Å². The number of methoxy groups -OCH3 is 1. The number of halogens is 3. The first-order valence-electron chi connectivity index (χ1n) is 17.0. The van der Waals surface area contributed by atoms with Crippen LogP contribution in [0.5, 0.6) is 5.88 Å². The van der Waals surface area contributed by atoms with Gasteiger partial charge in [0.15, 0.2) is 0 Å². The molecule has 53 heavy (non-hydrogen) atoms. The third-order valence-corrected chi connectivity index (χ3v) is 9.60. The molecule has 3 aromatic heterocycles. The largest absolute Gasteiger partial charge is 0.481 e. The predicted molar refractivity (Wildman–Crippen MR) is 191 cm³/mol. The van der Waals surface area contributed by atoms with E-state index in [-0.39, 0.29) is 48.5 Å². The summed E-state index contributed by atoms with van der Waals surface area (Å²) in [4.78, 5) is 57.9. The maximum Gasteiger partial charge on any atom is 0.410 e. The molecule has 2 atom stereocenters. The van der Waals surface area contributed by atoms with E-state index in [1.807, 2.05) is 0 Å². The molecule has 2 N–H and O–H groups in total. The van der Waals surface area contributed by atoms with Crippen LogP contribution < -0.4 is 20.9 Å². The van der Waals surface area contributed by atoms with Gasteiger partial charge in [0.1, 0.15) is 16.9 Å². The van der Waals surface area contributed by atoms with E-state index >= 15 is 0 Å². The fraction of sp³-hybridized carbons (Fsp3) is 0.444. The van der Waals surface area contributed by atoms with Crippen molar-refractivity contribution < 1.29 is 32.6 Å². The summed E-state index contributed by atoms with van der Waals surface area (Å²) in [6.07, 6.45) is 0.523. The van der Waals surface area contributed by atoms with E-state index < -0.39 is 36.1 Å². The number of fused-ring (bicyclic) bond motifs is 1. The summed E-state index contributed by atoms with van der Waals surface area (Å²) in [5.41, 5.74) is 2.08. The summed E-state index contributed by atoms with van der Waals surface area (Å²) in [6.45, 7) is 5.73. The minimum Gasteiger partial charge on any atom is -0.481 e. The smallest absolute Gasteiger partial charge is 0.410 e. The fourth-order valence-corrected chi connectivity index (χ4v) is 6.72. The number of hydrogen-bond acceptors (Lipinski definition) is 9. The Morgan fingerprint density at radius 1 is 1.11 bits per heavy atom. The lowest BCUT2D eigenvalue weighted by atomic mass is 10.0. The molecule has 2 aliphatic heterocycles. The highest BCUT2D eigenvalue weighted by atomic mass is 35.5. The van der Waals surface area contributed by atoms with E-state index in [1.54, 1.807) is 77.5 Å². The number of carbonyl (C=O) groups is 3. The Bertz CT molecular complexity index is 2150. The molecule has 14 nitrogen and oxygen atoms in total. The summed E-state index contributed by atoms with van der Waals surface area (Å²) in [7, 11) is 4.59. The molecule has 3 amide bonds. The summed E-state index contributed by atoms with van der Waals surface area (Å²) >= 11 is 7.01. The van der Waals surface area contributed by atoms with E-state index in [9.17, 15) is 28.0 Å². The first kappa shape index (κ1) is 37.7. The molecular formula is C36H41ClF2N8O6. The van der Waals surface area contributed by atoms with Crippen molar-refractivity contribution in [3.05, 3.63) is 69.4 Å². The Morgan fingerprint density at radius 2 is 1.85 bits per heavy atom. The molecule has 0 aliphatic carbocycles. The van der Waals surface area contributed by atoms with Crippen molar-refractivity contribution in [1.29, 1.82) is 0 Å². The van der Waals surface area contributed by atoms with Crippen LogP contribution in [0.3, 0.4) is 0 Å².